The number of ether oxygens (including phenoxy) is 2. The topological polar surface area (TPSA) is 88.5 Å². The number of ketones is 1. The number of benzene rings is 1. The third kappa shape index (κ3) is 3.46. The molecule has 1 aromatic carbocycles. The number of aromatic nitrogens is 3. The molecule has 0 unspecified atom stereocenters. The molecule has 8 nitrogen and oxygen atoms in total. The molecule has 0 saturated heterocycles. The zero-order valence-corrected chi connectivity index (χ0v) is 17.8. The van der Waals surface area contributed by atoms with Crippen molar-refractivity contribution >= 4 is 17.1 Å². The van der Waals surface area contributed by atoms with Gasteiger partial charge in [-0.15, -0.1) is 16.4 Å². The number of hydrogen-bond donors (Lipinski definition) is 0. The molecule has 1 aliphatic rings. The quantitative estimate of drug-likeness (QED) is 0.443. The van der Waals surface area contributed by atoms with E-state index >= 15 is 0 Å². The summed E-state index contributed by atoms with van der Waals surface area (Å²) in [4.78, 5) is 25.9. The van der Waals surface area contributed by atoms with E-state index in [1.165, 1.54) is 11.3 Å². The highest BCUT2D eigenvalue weighted by atomic mass is 32.1. The van der Waals surface area contributed by atoms with Crippen LogP contribution in [0.1, 0.15) is 21.7 Å². The molecule has 0 bridgehead atoms. The van der Waals surface area contributed by atoms with Crippen LogP contribution in [0.25, 0.3) is 16.5 Å². The molecule has 158 valence electrons. The first-order chi connectivity index (χ1) is 15.0. The first kappa shape index (κ1) is 19.4. The number of hydrogen-bond acceptors (Lipinski definition) is 7. The Morgan fingerprint density at radius 1 is 1.13 bits per heavy atom. The number of nitrogens with zero attached hydrogens (tertiary/aromatic N) is 3. The number of aryl methyl sites for hydroxylation is 1. The maximum absolute atomic E-state index is 13.0. The SMILES string of the molecule is Cc1cc(C(=O)Cn2nc(-c3cccs3)oc2=O)c(C)n1-c1ccc2c(c1)OCCO2. The average Bonchev–Trinajstić information content (AvgIpc) is 3.48. The molecule has 0 spiro atoms. The Hall–Kier alpha value is -3.59. The molecule has 0 radical (unpaired) electrons. The Labute approximate surface area is 181 Å². The summed E-state index contributed by atoms with van der Waals surface area (Å²) in [5.74, 6) is 0.733. The van der Waals surface area contributed by atoms with Crippen LogP contribution in [0.3, 0.4) is 0 Å². The minimum atomic E-state index is -0.655. The van der Waals surface area contributed by atoms with Crippen LogP contribution in [0.2, 0.25) is 0 Å². The first-order valence-electron chi connectivity index (χ1n) is 9.75. The second kappa shape index (κ2) is 7.59. The minimum absolute atomic E-state index is 0.195. The lowest BCUT2D eigenvalue weighted by Crippen LogP contribution is -2.22. The normalized spacial score (nSPS) is 12.8. The predicted octanol–water partition coefficient (Wildman–Crippen LogP) is 3.63. The van der Waals surface area contributed by atoms with Crippen LogP contribution in [0.4, 0.5) is 0 Å². The van der Waals surface area contributed by atoms with Crippen molar-refractivity contribution in [3.63, 3.8) is 0 Å². The summed E-state index contributed by atoms with van der Waals surface area (Å²) in [6, 6.07) is 11.2. The van der Waals surface area contributed by atoms with Crippen molar-refractivity contribution in [3.05, 3.63) is 69.3 Å². The third-order valence-corrected chi connectivity index (χ3v) is 6.00. The van der Waals surface area contributed by atoms with Gasteiger partial charge in [0.15, 0.2) is 17.3 Å². The van der Waals surface area contributed by atoms with Gasteiger partial charge in [0, 0.05) is 28.7 Å². The summed E-state index contributed by atoms with van der Waals surface area (Å²) in [6.07, 6.45) is 0. The van der Waals surface area contributed by atoms with E-state index in [4.69, 9.17) is 13.9 Å². The highest BCUT2D eigenvalue weighted by Gasteiger charge is 2.21. The fourth-order valence-electron chi connectivity index (χ4n) is 3.74. The molecule has 1 aliphatic heterocycles. The maximum Gasteiger partial charge on any atom is 0.437 e. The summed E-state index contributed by atoms with van der Waals surface area (Å²) >= 11 is 1.41. The Morgan fingerprint density at radius 2 is 1.94 bits per heavy atom. The molecule has 0 saturated carbocycles. The zero-order chi connectivity index (χ0) is 21.5. The van der Waals surface area contributed by atoms with E-state index in [9.17, 15) is 9.59 Å². The number of rotatable bonds is 5. The summed E-state index contributed by atoms with van der Waals surface area (Å²) in [6.45, 7) is 4.64. The number of carbonyl (C=O) groups is 1. The Bertz CT molecular complexity index is 1330. The fourth-order valence-corrected chi connectivity index (χ4v) is 4.38. The highest BCUT2D eigenvalue weighted by molar-refractivity contribution is 7.13. The zero-order valence-electron chi connectivity index (χ0n) is 17.0. The lowest BCUT2D eigenvalue weighted by atomic mass is 10.1. The largest absolute Gasteiger partial charge is 0.486 e. The minimum Gasteiger partial charge on any atom is -0.486 e. The molecule has 0 fully saturated rings. The molecular formula is C22H19N3O5S. The molecule has 0 amide bonds. The Morgan fingerprint density at radius 3 is 2.71 bits per heavy atom. The van der Waals surface area contributed by atoms with Crippen LogP contribution in [-0.2, 0) is 6.54 Å². The second-order valence-corrected chi connectivity index (χ2v) is 8.13. The molecule has 3 aromatic heterocycles. The van der Waals surface area contributed by atoms with Crippen molar-refractivity contribution in [2.45, 2.75) is 20.4 Å². The fraction of sp³-hybridized carbons (Fsp3) is 0.227. The van der Waals surface area contributed by atoms with Gasteiger partial charge in [-0.3, -0.25) is 4.79 Å². The smallest absolute Gasteiger partial charge is 0.437 e. The van der Waals surface area contributed by atoms with Crippen molar-refractivity contribution in [2.24, 2.45) is 0 Å². The monoisotopic (exact) mass is 437 g/mol. The molecular weight excluding hydrogens is 418 g/mol. The lowest BCUT2D eigenvalue weighted by molar-refractivity contribution is 0.0964. The number of fused-ring (bicyclic) bond motifs is 1. The molecule has 31 heavy (non-hydrogen) atoms. The van der Waals surface area contributed by atoms with Gasteiger partial charge in [0.1, 0.15) is 19.8 Å². The van der Waals surface area contributed by atoms with Gasteiger partial charge < -0.3 is 18.5 Å². The van der Waals surface area contributed by atoms with Crippen molar-refractivity contribution in [2.75, 3.05) is 13.2 Å². The first-order valence-corrected chi connectivity index (χ1v) is 10.6. The molecule has 5 rings (SSSR count). The Balaban J connectivity index is 1.44. The van der Waals surface area contributed by atoms with E-state index in [1.807, 2.05) is 60.2 Å². The molecule has 0 atom stereocenters. The van der Waals surface area contributed by atoms with E-state index in [0.717, 1.165) is 26.6 Å². The number of Topliss-reactive ketones (excluding diaryl/α,β-unsaturated/α-hetero) is 1. The van der Waals surface area contributed by atoms with Gasteiger partial charge in [0.25, 0.3) is 5.89 Å². The Kier molecular flexibility index (Phi) is 4.74. The van der Waals surface area contributed by atoms with Crippen molar-refractivity contribution in [1.29, 1.82) is 0 Å². The summed E-state index contributed by atoms with van der Waals surface area (Å²) in [5.41, 5.74) is 3.07. The predicted molar refractivity (Wildman–Crippen MR) is 115 cm³/mol. The molecule has 9 heteroatoms. The van der Waals surface area contributed by atoms with E-state index in [1.54, 1.807) is 0 Å². The van der Waals surface area contributed by atoms with Crippen LogP contribution >= 0.6 is 11.3 Å². The van der Waals surface area contributed by atoms with Crippen LogP contribution in [0.5, 0.6) is 11.5 Å². The highest BCUT2D eigenvalue weighted by Crippen LogP contribution is 2.33. The van der Waals surface area contributed by atoms with Crippen molar-refractivity contribution in [1.82, 2.24) is 14.3 Å². The summed E-state index contributed by atoms with van der Waals surface area (Å²) in [7, 11) is 0. The number of carbonyl (C=O) groups excluding carboxylic acids is 1. The van der Waals surface area contributed by atoms with Gasteiger partial charge in [-0.25, -0.2) is 4.79 Å². The van der Waals surface area contributed by atoms with Crippen LogP contribution in [-0.4, -0.2) is 33.3 Å². The average molecular weight is 437 g/mol. The van der Waals surface area contributed by atoms with Crippen molar-refractivity contribution in [3.8, 4) is 28.0 Å². The molecule has 0 aliphatic carbocycles. The molecule has 4 heterocycles. The maximum atomic E-state index is 13.0. The summed E-state index contributed by atoms with van der Waals surface area (Å²) in [5, 5.41) is 6.04. The third-order valence-electron chi connectivity index (χ3n) is 5.15. The van der Waals surface area contributed by atoms with Gasteiger partial charge in [-0.2, -0.15) is 4.68 Å². The van der Waals surface area contributed by atoms with Gasteiger partial charge in [0.2, 0.25) is 0 Å². The number of thiophene rings is 1. The van der Waals surface area contributed by atoms with Crippen molar-refractivity contribution < 1.29 is 18.7 Å². The van der Waals surface area contributed by atoms with E-state index in [-0.39, 0.29) is 18.2 Å². The van der Waals surface area contributed by atoms with Crippen LogP contribution in [0, 0.1) is 13.8 Å². The van der Waals surface area contributed by atoms with Crippen LogP contribution < -0.4 is 15.2 Å². The van der Waals surface area contributed by atoms with E-state index < -0.39 is 5.76 Å². The lowest BCUT2D eigenvalue weighted by Gasteiger charge is -2.20. The van der Waals surface area contributed by atoms with Crippen LogP contribution in [0.15, 0.2) is 51.0 Å². The second-order valence-electron chi connectivity index (χ2n) is 7.18. The van der Waals surface area contributed by atoms with Gasteiger partial charge in [0.05, 0.1) is 4.88 Å². The van der Waals surface area contributed by atoms with E-state index in [2.05, 4.69) is 5.10 Å². The summed E-state index contributed by atoms with van der Waals surface area (Å²) < 4.78 is 19.5. The van der Waals surface area contributed by atoms with E-state index in [0.29, 0.717) is 30.3 Å². The van der Waals surface area contributed by atoms with Gasteiger partial charge in [-0.1, -0.05) is 6.07 Å². The molecule has 4 aromatic rings. The van der Waals surface area contributed by atoms with Gasteiger partial charge in [-0.05, 0) is 43.5 Å². The van der Waals surface area contributed by atoms with Gasteiger partial charge >= 0.3 is 5.76 Å². The molecule has 0 N–H and O–H groups in total. The standard InChI is InChI=1S/C22H19N3O5S/c1-13-10-16(14(2)25(13)15-5-6-18-19(11-15)29-8-7-28-18)17(26)12-24-22(27)30-21(23-24)20-4-3-9-31-20/h3-6,9-11H,7-8,12H2,1-2H3.